The van der Waals surface area contributed by atoms with Crippen LogP contribution in [0.1, 0.15) is 34.1 Å². The SMILES string of the molecule is CCOC(=O)c1cccc(C(=O)CCBr)c1Br. The summed E-state index contributed by atoms with van der Waals surface area (Å²) < 4.78 is 5.42. The Morgan fingerprint density at radius 1 is 1.29 bits per heavy atom. The zero-order valence-corrected chi connectivity index (χ0v) is 12.5. The zero-order chi connectivity index (χ0) is 12.8. The third-order valence-corrected chi connectivity index (χ3v) is 3.37. The first-order chi connectivity index (χ1) is 8.11. The predicted molar refractivity (Wildman–Crippen MR) is 72.8 cm³/mol. The summed E-state index contributed by atoms with van der Waals surface area (Å²) in [6.45, 7) is 2.05. The summed E-state index contributed by atoms with van der Waals surface area (Å²) in [4.78, 5) is 23.4. The van der Waals surface area contributed by atoms with Gasteiger partial charge in [-0.3, -0.25) is 4.79 Å². The number of alkyl halides is 1. The van der Waals surface area contributed by atoms with Crippen LogP contribution in [0.3, 0.4) is 0 Å². The molecule has 0 aliphatic carbocycles. The van der Waals surface area contributed by atoms with Crippen LogP contribution in [0.4, 0.5) is 0 Å². The monoisotopic (exact) mass is 362 g/mol. The summed E-state index contributed by atoms with van der Waals surface area (Å²) in [5, 5.41) is 0.599. The second-order valence-electron chi connectivity index (χ2n) is 3.25. The third kappa shape index (κ3) is 3.64. The average molecular weight is 364 g/mol. The molecule has 0 atom stereocenters. The van der Waals surface area contributed by atoms with Gasteiger partial charge in [-0.15, -0.1) is 0 Å². The van der Waals surface area contributed by atoms with Crippen LogP contribution in [-0.4, -0.2) is 23.7 Å². The van der Waals surface area contributed by atoms with Crippen LogP contribution in [0.25, 0.3) is 0 Å². The lowest BCUT2D eigenvalue weighted by molar-refractivity contribution is 0.0525. The van der Waals surface area contributed by atoms with E-state index in [9.17, 15) is 9.59 Å². The molecule has 92 valence electrons. The van der Waals surface area contributed by atoms with Gasteiger partial charge in [-0.05, 0) is 28.9 Å². The molecule has 0 saturated heterocycles. The van der Waals surface area contributed by atoms with E-state index in [1.165, 1.54) is 0 Å². The topological polar surface area (TPSA) is 43.4 Å². The van der Waals surface area contributed by atoms with Crippen molar-refractivity contribution in [2.75, 3.05) is 11.9 Å². The Morgan fingerprint density at radius 2 is 1.94 bits per heavy atom. The smallest absolute Gasteiger partial charge is 0.339 e. The first kappa shape index (κ1) is 14.4. The molecule has 0 radical (unpaired) electrons. The Kier molecular flexibility index (Phi) is 5.85. The van der Waals surface area contributed by atoms with E-state index in [4.69, 9.17) is 4.74 Å². The maximum atomic E-state index is 11.8. The summed E-state index contributed by atoms with van der Waals surface area (Å²) in [6.07, 6.45) is 0.394. The van der Waals surface area contributed by atoms with E-state index < -0.39 is 5.97 Å². The van der Waals surface area contributed by atoms with Crippen molar-refractivity contribution in [1.82, 2.24) is 0 Å². The Hall–Kier alpha value is -0.680. The minimum Gasteiger partial charge on any atom is -0.462 e. The van der Waals surface area contributed by atoms with Gasteiger partial charge in [-0.2, -0.15) is 0 Å². The number of ether oxygens (including phenoxy) is 1. The van der Waals surface area contributed by atoms with Gasteiger partial charge in [0.05, 0.1) is 12.2 Å². The highest BCUT2D eigenvalue weighted by Crippen LogP contribution is 2.24. The Balaban J connectivity index is 3.07. The standard InChI is InChI=1S/C12H12Br2O3/c1-2-17-12(16)9-5-3-4-8(11(9)14)10(15)6-7-13/h3-5H,2,6-7H2,1H3. The van der Waals surface area contributed by atoms with Crippen molar-refractivity contribution in [2.24, 2.45) is 0 Å². The normalized spacial score (nSPS) is 10.1. The van der Waals surface area contributed by atoms with Crippen LogP contribution in [0.15, 0.2) is 22.7 Å². The highest BCUT2D eigenvalue weighted by molar-refractivity contribution is 9.10. The molecule has 5 heteroatoms. The van der Waals surface area contributed by atoms with E-state index in [1.54, 1.807) is 25.1 Å². The average Bonchev–Trinajstić information content (AvgIpc) is 2.29. The van der Waals surface area contributed by atoms with Gasteiger partial charge >= 0.3 is 5.97 Å². The van der Waals surface area contributed by atoms with Crippen LogP contribution in [0.5, 0.6) is 0 Å². The third-order valence-electron chi connectivity index (χ3n) is 2.12. The van der Waals surface area contributed by atoms with Crippen LogP contribution in [-0.2, 0) is 4.74 Å². The van der Waals surface area contributed by atoms with E-state index in [-0.39, 0.29) is 5.78 Å². The molecule has 0 aliphatic heterocycles. The first-order valence-corrected chi connectivity index (χ1v) is 7.08. The largest absolute Gasteiger partial charge is 0.462 e. The number of hydrogen-bond donors (Lipinski definition) is 0. The predicted octanol–water partition coefficient (Wildman–Crippen LogP) is 3.59. The number of rotatable bonds is 5. The number of ketones is 1. The van der Waals surface area contributed by atoms with Crippen molar-refractivity contribution in [1.29, 1.82) is 0 Å². The molecule has 0 bridgehead atoms. The van der Waals surface area contributed by atoms with Gasteiger partial charge in [-0.1, -0.05) is 28.1 Å². The maximum absolute atomic E-state index is 11.8. The number of hydrogen-bond acceptors (Lipinski definition) is 3. The van der Waals surface area contributed by atoms with Crippen molar-refractivity contribution in [3.8, 4) is 0 Å². The zero-order valence-electron chi connectivity index (χ0n) is 9.33. The number of halogens is 2. The molecule has 0 amide bonds. The molecule has 0 fully saturated rings. The van der Waals surface area contributed by atoms with Gasteiger partial charge in [0.2, 0.25) is 0 Å². The molecule has 0 unspecified atom stereocenters. The highest BCUT2D eigenvalue weighted by Gasteiger charge is 2.17. The Bertz CT molecular complexity index is 394. The first-order valence-electron chi connectivity index (χ1n) is 5.16. The van der Waals surface area contributed by atoms with Crippen LogP contribution in [0.2, 0.25) is 0 Å². The quantitative estimate of drug-likeness (QED) is 0.456. The number of carbonyl (C=O) groups excluding carboxylic acids is 2. The maximum Gasteiger partial charge on any atom is 0.339 e. The Labute approximate surface area is 117 Å². The fraction of sp³-hybridized carbons (Fsp3) is 0.333. The van der Waals surface area contributed by atoms with Crippen molar-refractivity contribution < 1.29 is 14.3 Å². The van der Waals surface area contributed by atoms with E-state index in [1.807, 2.05) is 0 Å². The van der Waals surface area contributed by atoms with Gasteiger partial charge in [0, 0.05) is 21.8 Å². The molecule has 0 spiro atoms. The summed E-state index contributed by atoms with van der Waals surface area (Å²) in [6, 6.07) is 5.00. The molecule has 1 rings (SSSR count). The summed E-state index contributed by atoms with van der Waals surface area (Å²) >= 11 is 6.50. The number of esters is 1. The van der Waals surface area contributed by atoms with E-state index in [2.05, 4.69) is 31.9 Å². The lowest BCUT2D eigenvalue weighted by atomic mass is 10.1. The molecular formula is C12H12Br2O3. The van der Waals surface area contributed by atoms with Crippen molar-refractivity contribution in [2.45, 2.75) is 13.3 Å². The highest BCUT2D eigenvalue weighted by atomic mass is 79.9. The minimum absolute atomic E-state index is 0.0140. The van der Waals surface area contributed by atoms with Gasteiger partial charge in [-0.25, -0.2) is 4.79 Å². The molecular weight excluding hydrogens is 352 g/mol. The molecule has 17 heavy (non-hydrogen) atoms. The Morgan fingerprint density at radius 3 is 2.53 bits per heavy atom. The van der Waals surface area contributed by atoms with Gasteiger partial charge in [0.15, 0.2) is 5.78 Å². The molecule has 3 nitrogen and oxygen atoms in total. The number of carbonyl (C=O) groups is 2. The van der Waals surface area contributed by atoms with Gasteiger partial charge < -0.3 is 4.74 Å². The fourth-order valence-electron chi connectivity index (χ4n) is 1.33. The van der Waals surface area contributed by atoms with Crippen LogP contribution in [0, 0.1) is 0 Å². The number of Topliss-reactive ketones (excluding diaryl/α,β-unsaturated/α-hetero) is 1. The van der Waals surface area contributed by atoms with E-state index >= 15 is 0 Å². The van der Waals surface area contributed by atoms with Crippen LogP contribution < -0.4 is 0 Å². The molecule has 0 heterocycles. The molecule has 0 N–H and O–H groups in total. The molecule has 0 saturated carbocycles. The van der Waals surface area contributed by atoms with E-state index in [0.717, 1.165) is 0 Å². The van der Waals surface area contributed by atoms with E-state index in [0.29, 0.717) is 34.0 Å². The lowest BCUT2D eigenvalue weighted by Crippen LogP contribution is -2.09. The lowest BCUT2D eigenvalue weighted by Gasteiger charge is -2.08. The molecule has 0 aromatic heterocycles. The number of benzene rings is 1. The minimum atomic E-state index is -0.423. The van der Waals surface area contributed by atoms with Gasteiger partial charge in [0.25, 0.3) is 0 Å². The van der Waals surface area contributed by atoms with Crippen molar-refractivity contribution in [3.05, 3.63) is 33.8 Å². The fourth-order valence-corrected chi connectivity index (χ4v) is 2.34. The van der Waals surface area contributed by atoms with Crippen molar-refractivity contribution in [3.63, 3.8) is 0 Å². The van der Waals surface area contributed by atoms with Gasteiger partial charge in [0.1, 0.15) is 0 Å². The molecule has 0 aliphatic rings. The molecule has 1 aromatic carbocycles. The second kappa shape index (κ2) is 6.91. The second-order valence-corrected chi connectivity index (χ2v) is 4.84. The van der Waals surface area contributed by atoms with Crippen LogP contribution >= 0.6 is 31.9 Å². The molecule has 1 aromatic rings. The summed E-state index contributed by atoms with van der Waals surface area (Å²) in [7, 11) is 0. The summed E-state index contributed by atoms with van der Waals surface area (Å²) in [5.74, 6) is -0.437. The van der Waals surface area contributed by atoms with Crippen molar-refractivity contribution >= 4 is 43.6 Å². The summed E-state index contributed by atoms with van der Waals surface area (Å²) in [5.41, 5.74) is 0.891.